The Balaban J connectivity index is 1.88. The Labute approximate surface area is 153 Å². The fraction of sp³-hybridized carbons (Fsp3) is 0.526. The number of hydrogen-bond donors (Lipinski definition) is 1. The Hall–Kier alpha value is -2.57. The van der Waals surface area contributed by atoms with Gasteiger partial charge in [0, 0.05) is 43.1 Å². The van der Waals surface area contributed by atoms with Gasteiger partial charge in [0.1, 0.15) is 11.4 Å². The van der Waals surface area contributed by atoms with Gasteiger partial charge in [-0.2, -0.15) is 0 Å². The van der Waals surface area contributed by atoms with Crippen LogP contribution in [0, 0.1) is 0 Å². The molecule has 1 aliphatic heterocycles. The lowest BCUT2D eigenvalue weighted by Crippen LogP contribution is -2.59. The van der Waals surface area contributed by atoms with E-state index in [0.717, 1.165) is 23.0 Å². The van der Waals surface area contributed by atoms with E-state index in [1.165, 1.54) is 0 Å². The molecule has 3 rings (SSSR count). The fourth-order valence-electron chi connectivity index (χ4n) is 3.39. The van der Waals surface area contributed by atoms with Crippen LogP contribution in [0.25, 0.3) is 10.9 Å². The highest BCUT2D eigenvalue weighted by Gasteiger charge is 2.35. The van der Waals surface area contributed by atoms with Gasteiger partial charge < -0.3 is 19.5 Å². The van der Waals surface area contributed by atoms with Gasteiger partial charge in [-0.25, -0.2) is 9.78 Å². The number of aromatic amines is 1. The number of aldehydes is 1. The van der Waals surface area contributed by atoms with Crippen LogP contribution >= 0.6 is 0 Å². The maximum absolute atomic E-state index is 12.5. The van der Waals surface area contributed by atoms with Crippen molar-refractivity contribution in [2.75, 3.05) is 18.0 Å². The summed E-state index contributed by atoms with van der Waals surface area (Å²) in [5.41, 5.74) is 0.956. The number of anilines is 1. The van der Waals surface area contributed by atoms with Gasteiger partial charge in [0.15, 0.2) is 6.29 Å². The predicted octanol–water partition coefficient (Wildman–Crippen LogP) is 3.21. The van der Waals surface area contributed by atoms with Gasteiger partial charge in [0.25, 0.3) is 0 Å². The summed E-state index contributed by atoms with van der Waals surface area (Å²) in [7, 11) is 0. The lowest BCUT2D eigenvalue weighted by Gasteiger charge is -2.44. The van der Waals surface area contributed by atoms with Gasteiger partial charge in [-0.05, 0) is 40.7 Å². The van der Waals surface area contributed by atoms with Crippen LogP contribution in [-0.2, 0) is 4.74 Å². The number of nitrogens with zero attached hydrogens (tertiary/aromatic N) is 3. The molecule has 2 aromatic heterocycles. The summed E-state index contributed by atoms with van der Waals surface area (Å²) < 4.78 is 5.53. The quantitative estimate of drug-likeness (QED) is 0.834. The van der Waals surface area contributed by atoms with Crippen molar-refractivity contribution in [1.82, 2.24) is 14.9 Å². The number of aromatic nitrogens is 2. The highest BCUT2D eigenvalue weighted by molar-refractivity contribution is 6.03. The number of fused-ring (bicyclic) bond motifs is 1. The topological polar surface area (TPSA) is 78.5 Å². The standard InChI is InChI=1S/C19H26N4O3/c1-12-10-23(18(25)26-19(3,4)5)13(2)9-22(12)17-16-14(11-24)8-21-15(16)6-7-20-17/h6-8,11-13,21H,9-10H2,1-5H3. The molecule has 7 nitrogen and oxygen atoms in total. The van der Waals surface area contributed by atoms with E-state index in [0.29, 0.717) is 18.7 Å². The third-order valence-electron chi connectivity index (χ3n) is 4.62. The molecule has 0 spiro atoms. The number of H-pyrrole nitrogens is 1. The van der Waals surface area contributed by atoms with Crippen LogP contribution in [0.15, 0.2) is 18.5 Å². The molecule has 7 heteroatoms. The number of carbonyl (C=O) groups excluding carboxylic acids is 2. The van der Waals surface area contributed by atoms with Crippen molar-refractivity contribution < 1.29 is 14.3 Å². The molecule has 2 aromatic rings. The van der Waals surface area contributed by atoms with Gasteiger partial charge in [-0.3, -0.25) is 4.79 Å². The molecule has 1 fully saturated rings. The number of pyridine rings is 1. The molecule has 1 N–H and O–H groups in total. The predicted molar refractivity (Wildman–Crippen MR) is 101 cm³/mol. The first kappa shape index (κ1) is 18.2. The minimum absolute atomic E-state index is 0.0308. The Morgan fingerprint density at radius 1 is 1.31 bits per heavy atom. The maximum Gasteiger partial charge on any atom is 0.410 e. The summed E-state index contributed by atoms with van der Waals surface area (Å²) in [4.78, 5) is 35.5. The molecule has 1 amide bonds. The molecule has 1 aliphatic rings. The second-order valence-electron chi connectivity index (χ2n) is 7.90. The van der Waals surface area contributed by atoms with Crippen molar-refractivity contribution >= 4 is 29.1 Å². The molecule has 2 unspecified atom stereocenters. The molecule has 1 saturated heterocycles. The van der Waals surface area contributed by atoms with E-state index in [-0.39, 0.29) is 18.2 Å². The number of rotatable bonds is 2. The van der Waals surface area contributed by atoms with Crippen molar-refractivity contribution in [2.45, 2.75) is 52.3 Å². The van der Waals surface area contributed by atoms with Gasteiger partial charge in [-0.15, -0.1) is 0 Å². The number of ether oxygens (including phenoxy) is 1. The van der Waals surface area contributed by atoms with Gasteiger partial charge >= 0.3 is 6.09 Å². The number of hydrogen-bond acceptors (Lipinski definition) is 5. The Morgan fingerprint density at radius 3 is 2.69 bits per heavy atom. The van der Waals surface area contributed by atoms with E-state index < -0.39 is 5.60 Å². The molecule has 2 atom stereocenters. The lowest BCUT2D eigenvalue weighted by molar-refractivity contribution is 0.0130. The van der Waals surface area contributed by atoms with Gasteiger partial charge in [-0.1, -0.05) is 0 Å². The first-order valence-electron chi connectivity index (χ1n) is 8.89. The molecular formula is C19H26N4O3. The van der Waals surface area contributed by atoms with E-state index in [2.05, 4.69) is 21.8 Å². The Kier molecular flexibility index (Phi) is 4.64. The van der Waals surface area contributed by atoms with Crippen molar-refractivity contribution in [3.8, 4) is 0 Å². The summed E-state index contributed by atoms with van der Waals surface area (Å²) in [5, 5.41) is 0.826. The zero-order valence-corrected chi connectivity index (χ0v) is 15.9. The molecule has 3 heterocycles. The summed E-state index contributed by atoms with van der Waals surface area (Å²) in [6.07, 6.45) is 3.99. The average molecular weight is 358 g/mol. The first-order valence-corrected chi connectivity index (χ1v) is 8.89. The zero-order chi connectivity index (χ0) is 19.1. The van der Waals surface area contributed by atoms with E-state index in [1.807, 2.05) is 33.8 Å². The highest BCUT2D eigenvalue weighted by atomic mass is 16.6. The molecule has 0 saturated carbocycles. The molecular weight excluding hydrogens is 332 g/mol. The second-order valence-corrected chi connectivity index (χ2v) is 7.90. The minimum atomic E-state index is -0.520. The Bertz CT molecular complexity index is 824. The van der Waals surface area contributed by atoms with Crippen molar-refractivity contribution in [2.24, 2.45) is 0 Å². The van der Waals surface area contributed by atoms with Crippen molar-refractivity contribution in [3.05, 3.63) is 24.0 Å². The highest BCUT2D eigenvalue weighted by Crippen LogP contribution is 2.31. The van der Waals surface area contributed by atoms with Crippen LogP contribution in [0.3, 0.4) is 0 Å². The summed E-state index contributed by atoms with van der Waals surface area (Å²) in [6.45, 7) is 10.8. The molecule has 0 aromatic carbocycles. The summed E-state index contributed by atoms with van der Waals surface area (Å²) in [6, 6.07) is 1.87. The van der Waals surface area contributed by atoms with E-state index in [1.54, 1.807) is 17.3 Å². The molecule has 0 radical (unpaired) electrons. The van der Waals surface area contributed by atoms with Crippen LogP contribution in [0.4, 0.5) is 10.6 Å². The summed E-state index contributed by atoms with van der Waals surface area (Å²) >= 11 is 0. The molecule has 26 heavy (non-hydrogen) atoms. The minimum Gasteiger partial charge on any atom is -0.444 e. The van der Waals surface area contributed by atoms with E-state index in [4.69, 9.17) is 4.74 Å². The van der Waals surface area contributed by atoms with Gasteiger partial charge in [0.2, 0.25) is 0 Å². The third kappa shape index (κ3) is 3.38. The van der Waals surface area contributed by atoms with E-state index >= 15 is 0 Å². The Morgan fingerprint density at radius 2 is 2.04 bits per heavy atom. The lowest BCUT2D eigenvalue weighted by atomic mass is 10.1. The number of piperazine rings is 1. The normalized spacial score (nSPS) is 21.1. The SMILES string of the molecule is CC1CN(c2nccc3[nH]cc(C=O)c23)C(C)CN1C(=O)OC(C)(C)C. The smallest absolute Gasteiger partial charge is 0.410 e. The van der Waals surface area contributed by atoms with Crippen LogP contribution in [0.1, 0.15) is 45.0 Å². The van der Waals surface area contributed by atoms with Crippen LogP contribution in [0.5, 0.6) is 0 Å². The van der Waals surface area contributed by atoms with Crippen LogP contribution < -0.4 is 4.90 Å². The fourth-order valence-corrected chi connectivity index (χ4v) is 3.39. The first-order chi connectivity index (χ1) is 12.2. The largest absolute Gasteiger partial charge is 0.444 e. The maximum atomic E-state index is 12.5. The van der Waals surface area contributed by atoms with Crippen LogP contribution in [-0.4, -0.2) is 58.0 Å². The monoisotopic (exact) mass is 358 g/mol. The number of amides is 1. The third-order valence-corrected chi connectivity index (χ3v) is 4.62. The molecule has 0 bridgehead atoms. The second kappa shape index (κ2) is 6.63. The molecule has 0 aliphatic carbocycles. The zero-order valence-electron chi connectivity index (χ0n) is 15.9. The summed E-state index contributed by atoms with van der Waals surface area (Å²) in [5.74, 6) is 0.772. The van der Waals surface area contributed by atoms with Crippen LogP contribution in [0.2, 0.25) is 0 Å². The van der Waals surface area contributed by atoms with Crippen molar-refractivity contribution in [3.63, 3.8) is 0 Å². The van der Waals surface area contributed by atoms with E-state index in [9.17, 15) is 9.59 Å². The number of carbonyl (C=O) groups is 2. The average Bonchev–Trinajstić information content (AvgIpc) is 2.98. The number of nitrogens with one attached hydrogen (secondary N) is 1. The van der Waals surface area contributed by atoms with Crippen molar-refractivity contribution in [1.29, 1.82) is 0 Å². The molecule has 140 valence electrons. The van der Waals surface area contributed by atoms with Gasteiger partial charge in [0.05, 0.1) is 10.9 Å².